The van der Waals surface area contributed by atoms with Crippen LogP contribution in [0.2, 0.25) is 0 Å². The summed E-state index contributed by atoms with van der Waals surface area (Å²) in [5.41, 5.74) is 0.177. The van der Waals surface area contributed by atoms with E-state index < -0.39 is 33.2 Å². The van der Waals surface area contributed by atoms with Crippen LogP contribution in [-0.2, 0) is 14.8 Å². The second kappa shape index (κ2) is 11.4. The van der Waals surface area contributed by atoms with Crippen molar-refractivity contribution in [3.05, 3.63) is 71.8 Å². The van der Waals surface area contributed by atoms with Crippen molar-refractivity contribution in [2.75, 3.05) is 31.7 Å². The summed E-state index contributed by atoms with van der Waals surface area (Å²) in [6, 6.07) is 11.8. The zero-order valence-corrected chi connectivity index (χ0v) is 23.8. The van der Waals surface area contributed by atoms with Gasteiger partial charge in [-0.2, -0.15) is 4.31 Å². The summed E-state index contributed by atoms with van der Waals surface area (Å²) in [6.07, 6.45) is 1.32. The molecule has 0 spiro atoms. The fourth-order valence-corrected chi connectivity index (χ4v) is 7.03. The Morgan fingerprint density at radius 1 is 1.10 bits per heavy atom. The molecule has 0 bridgehead atoms. The Kier molecular flexibility index (Phi) is 8.04. The van der Waals surface area contributed by atoms with Crippen molar-refractivity contribution in [2.24, 2.45) is 5.92 Å². The molecule has 0 saturated carbocycles. The molecule has 0 aliphatic carbocycles. The number of carbonyl (C=O) groups is 1. The number of aromatic carboxylic acids is 1. The van der Waals surface area contributed by atoms with E-state index in [0.717, 1.165) is 12.1 Å². The summed E-state index contributed by atoms with van der Waals surface area (Å²) in [5, 5.41) is 9.54. The molecule has 3 aromatic rings. The van der Waals surface area contributed by atoms with Gasteiger partial charge in [0.05, 0.1) is 23.9 Å². The number of nitrogens with zero attached hydrogens (tertiary/aromatic N) is 2. The first-order valence-corrected chi connectivity index (χ1v) is 14.9. The van der Waals surface area contributed by atoms with Crippen molar-refractivity contribution < 1.29 is 36.6 Å². The second-order valence-corrected chi connectivity index (χ2v) is 12.8. The molecular formula is C30H32F2N2O6S. The van der Waals surface area contributed by atoms with Gasteiger partial charge in [0.15, 0.2) is 11.6 Å². The maximum atomic E-state index is 14.7. The zero-order valence-electron chi connectivity index (χ0n) is 23.0. The van der Waals surface area contributed by atoms with E-state index in [1.807, 2.05) is 18.7 Å². The average molecular weight is 587 g/mol. The quantitative estimate of drug-likeness (QED) is 0.376. The van der Waals surface area contributed by atoms with E-state index in [2.05, 4.69) is 0 Å². The number of fused-ring (bicyclic) bond motifs is 1. The van der Waals surface area contributed by atoms with Crippen LogP contribution < -0.4 is 9.64 Å². The van der Waals surface area contributed by atoms with E-state index in [1.54, 1.807) is 19.2 Å². The van der Waals surface area contributed by atoms with Crippen LogP contribution in [0.15, 0.2) is 59.5 Å². The molecule has 2 aliphatic rings. The molecule has 2 atom stereocenters. The van der Waals surface area contributed by atoms with Crippen LogP contribution >= 0.6 is 0 Å². The third-order valence-corrected chi connectivity index (χ3v) is 9.54. The van der Waals surface area contributed by atoms with Crippen LogP contribution in [0.4, 0.5) is 14.5 Å². The molecule has 41 heavy (non-hydrogen) atoms. The number of benzene rings is 3. The molecule has 3 aromatic carbocycles. The molecule has 0 unspecified atom stereocenters. The van der Waals surface area contributed by atoms with Crippen molar-refractivity contribution in [1.82, 2.24) is 4.31 Å². The summed E-state index contributed by atoms with van der Waals surface area (Å²) in [6.45, 7) is 5.44. The number of hydrogen-bond donors (Lipinski definition) is 1. The van der Waals surface area contributed by atoms with Crippen molar-refractivity contribution in [3.8, 4) is 22.6 Å². The van der Waals surface area contributed by atoms with Gasteiger partial charge in [-0.25, -0.2) is 22.0 Å². The lowest BCUT2D eigenvalue weighted by atomic mass is 9.99. The number of carboxylic acid groups (broad SMARTS) is 1. The Hall–Kier alpha value is -3.54. The van der Waals surface area contributed by atoms with Crippen LogP contribution in [0.1, 0.15) is 37.0 Å². The topological polar surface area (TPSA) is 96.4 Å². The number of likely N-dealkylation sites (N-methyl/N-ethyl adjacent to an activating group) is 1. The molecule has 11 heteroatoms. The SMILES string of the molecule is CC(C)C[C@@H]1CN([C@@H]2CCOC2)c2cc(Oc3ccccc3F)c(-c3ccc(F)c(C(=O)O)c3)cc2S(=O)(=O)N1C. The molecule has 0 radical (unpaired) electrons. The number of hydrogen-bond acceptors (Lipinski definition) is 6. The van der Waals surface area contributed by atoms with Gasteiger partial charge in [0.2, 0.25) is 10.0 Å². The van der Waals surface area contributed by atoms with Crippen LogP contribution in [-0.4, -0.2) is 62.7 Å². The second-order valence-electron chi connectivity index (χ2n) is 10.8. The molecule has 2 aliphatic heterocycles. The summed E-state index contributed by atoms with van der Waals surface area (Å²) >= 11 is 0. The third kappa shape index (κ3) is 5.66. The van der Waals surface area contributed by atoms with Gasteiger partial charge in [0.25, 0.3) is 0 Å². The molecule has 0 amide bonds. The highest BCUT2D eigenvalue weighted by molar-refractivity contribution is 7.89. The lowest BCUT2D eigenvalue weighted by Crippen LogP contribution is -2.46. The summed E-state index contributed by atoms with van der Waals surface area (Å²) in [7, 11) is -2.49. The lowest BCUT2D eigenvalue weighted by Gasteiger charge is -2.34. The van der Waals surface area contributed by atoms with E-state index in [4.69, 9.17) is 9.47 Å². The molecule has 5 rings (SSSR count). The first-order chi connectivity index (χ1) is 19.5. The Morgan fingerprint density at radius 3 is 2.51 bits per heavy atom. The van der Waals surface area contributed by atoms with Crippen molar-refractivity contribution in [3.63, 3.8) is 0 Å². The Labute approximate surface area is 238 Å². The van der Waals surface area contributed by atoms with Crippen LogP contribution in [0.5, 0.6) is 11.5 Å². The van der Waals surface area contributed by atoms with Gasteiger partial charge in [-0.1, -0.05) is 32.0 Å². The van der Waals surface area contributed by atoms with E-state index in [-0.39, 0.29) is 45.5 Å². The molecule has 1 N–H and O–H groups in total. The lowest BCUT2D eigenvalue weighted by molar-refractivity contribution is 0.0692. The van der Waals surface area contributed by atoms with Crippen molar-refractivity contribution in [2.45, 2.75) is 43.7 Å². The number of para-hydroxylation sites is 1. The van der Waals surface area contributed by atoms with Gasteiger partial charge in [-0.15, -0.1) is 0 Å². The standard InChI is InChI=1S/C30H32F2N2O6S/c1-18(2)12-21-16-34(20-10-11-39-17-20)26-15-28(40-27-7-5-4-6-25(27)32)22(14-29(26)41(37,38)33(21)3)19-8-9-24(31)23(13-19)30(35)36/h4-9,13-15,18,20-21H,10-12,16-17H2,1-3H3,(H,35,36)/t20-,21-/m1/s1. The van der Waals surface area contributed by atoms with E-state index in [0.29, 0.717) is 38.3 Å². The minimum Gasteiger partial charge on any atom is -0.478 e. The van der Waals surface area contributed by atoms with Gasteiger partial charge < -0.3 is 19.5 Å². The van der Waals surface area contributed by atoms with Gasteiger partial charge >= 0.3 is 5.97 Å². The fourth-order valence-electron chi connectivity index (χ4n) is 5.47. The highest BCUT2D eigenvalue weighted by atomic mass is 32.2. The van der Waals surface area contributed by atoms with E-state index in [9.17, 15) is 27.1 Å². The van der Waals surface area contributed by atoms with Gasteiger partial charge in [-0.05, 0) is 54.7 Å². The Morgan fingerprint density at radius 2 is 1.85 bits per heavy atom. The zero-order chi connectivity index (χ0) is 29.5. The van der Waals surface area contributed by atoms with Crippen molar-refractivity contribution >= 4 is 21.7 Å². The number of anilines is 1. The molecule has 0 aromatic heterocycles. The van der Waals surface area contributed by atoms with E-state index in [1.165, 1.54) is 34.6 Å². The Bertz CT molecular complexity index is 1570. The molecule has 8 nitrogen and oxygen atoms in total. The number of carboxylic acids is 1. The normalized spacial score (nSPS) is 20.6. The summed E-state index contributed by atoms with van der Waals surface area (Å²) in [5.74, 6) is -2.83. The summed E-state index contributed by atoms with van der Waals surface area (Å²) < 4.78 is 70.4. The van der Waals surface area contributed by atoms with Gasteiger partial charge in [-0.3, -0.25) is 0 Å². The third-order valence-electron chi connectivity index (χ3n) is 7.60. The highest BCUT2D eigenvalue weighted by Crippen LogP contribution is 2.45. The number of ether oxygens (including phenoxy) is 2. The smallest absolute Gasteiger partial charge is 0.338 e. The predicted molar refractivity (Wildman–Crippen MR) is 150 cm³/mol. The molecule has 1 fully saturated rings. The monoisotopic (exact) mass is 586 g/mol. The largest absolute Gasteiger partial charge is 0.478 e. The summed E-state index contributed by atoms with van der Waals surface area (Å²) in [4.78, 5) is 13.7. The van der Waals surface area contributed by atoms with Crippen LogP contribution in [0.3, 0.4) is 0 Å². The predicted octanol–water partition coefficient (Wildman–Crippen LogP) is 5.77. The van der Waals surface area contributed by atoms with Crippen molar-refractivity contribution in [1.29, 1.82) is 0 Å². The molecule has 2 heterocycles. The molecule has 1 saturated heterocycles. The van der Waals surface area contributed by atoms with Gasteiger partial charge in [0, 0.05) is 37.9 Å². The maximum absolute atomic E-state index is 14.7. The molecule has 218 valence electrons. The average Bonchev–Trinajstić information content (AvgIpc) is 3.44. The fraction of sp³-hybridized carbons (Fsp3) is 0.367. The molecular weight excluding hydrogens is 554 g/mol. The number of rotatable bonds is 7. The van der Waals surface area contributed by atoms with Crippen LogP contribution in [0.25, 0.3) is 11.1 Å². The minimum absolute atomic E-state index is 0.00441. The number of halogens is 2. The van der Waals surface area contributed by atoms with E-state index >= 15 is 0 Å². The number of sulfonamides is 1. The minimum atomic E-state index is -4.05. The first-order valence-electron chi connectivity index (χ1n) is 13.4. The van der Waals surface area contributed by atoms with Gasteiger partial charge in [0.1, 0.15) is 16.5 Å². The maximum Gasteiger partial charge on any atom is 0.338 e. The van der Waals surface area contributed by atoms with Crippen LogP contribution in [0, 0.1) is 17.6 Å². The highest BCUT2D eigenvalue weighted by Gasteiger charge is 2.40. The Balaban J connectivity index is 1.77. The first kappa shape index (κ1) is 29.0.